The molecule has 2 aromatic rings. The molecule has 0 saturated heterocycles. The van der Waals surface area contributed by atoms with Gasteiger partial charge in [0.2, 0.25) is 0 Å². The van der Waals surface area contributed by atoms with E-state index in [-0.39, 0.29) is 17.9 Å². The lowest BCUT2D eigenvalue weighted by Crippen LogP contribution is -2.52. The van der Waals surface area contributed by atoms with Crippen LogP contribution in [-0.4, -0.2) is 23.6 Å². The van der Waals surface area contributed by atoms with E-state index >= 15 is 0 Å². The molecule has 0 bridgehead atoms. The monoisotopic (exact) mass is 428 g/mol. The van der Waals surface area contributed by atoms with Crippen LogP contribution in [0.1, 0.15) is 59.6 Å². The highest BCUT2D eigenvalue weighted by Gasteiger charge is 2.50. The predicted octanol–water partition coefficient (Wildman–Crippen LogP) is 4.47. The number of carbonyl (C=O) groups is 2. The van der Waals surface area contributed by atoms with E-state index in [1.165, 1.54) is 6.07 Å². The van der Waals surface area contributed by atoms with Gasteiger partial charge in [0.1, 0.15) is 16.9 Å². The highest BCUT2D eigenvalue weighted by atomic mass is 16.6. The molecular weight excluding hydrogens is 400 g/mol. The first-order chi connectivity index (χ1) is 14.5. The fourth-order valence-corrected chi connectivity index (χ4v) is 3.53. The third kappa shape index (κ3) is 4.65. The summed E-state index contributed by atoms with van der Waals surface area (Å²) >= 11 is 0. The van der Waals surface area contributed by atoms with E-state index in [2.05, 4.69) is 0 Å². The van der Waals surface area contributed by atoms with E-state index in [1.807, 2.05) is 13.8 Å². The summed E-state index contributed by atoms with van der Waals surface area (Å²) in [7, 11) is 0. The maximum absolute atomic E-state index is 12.7. The van der Waals surface area contributed by atoms with E-state index in [1.54, 1.807) is 52.0 Å². The minimum absolute atomic E-state index is 0.0801. The van der Waals surface area contributed by atoms with Gasteiger partial charge >= 0.3 is 17.6 Å². The highest BCUT2D eigenvalue weighted by Crippen LogP contribution is 2.46. The van der Waals surface area contributed by atoms with Gasteiger partial charge in [0.15, 0.2) is 12.2 Å². The maximum atomic E-state index is 12.7. The Morgan fingerprint density at radius 3 is 2.48 bits per heavy atom. The molecule has 0 unspecified atom stereocenters. The van der Waals surface area contributed by atoms with Crippen LogP contribution < -0.4 is 10.4 Å². The van der Waals surface area contributed by atoms with Gasteiger partial charge in [-0.15, -0.1) is 0 Å². The molecule has 0 saturated carbocycles. The Balaban J connectivity index is 2.18. The van der Waals surface area contributed by atoms with Crippen LogP contribution in [0.4, 0.5) is 0 Å². The van der Waals surface area contributed by atoms with Crippen molar-refractivity contribution >= 4 is 22.9 Å². The van der Waals surface area contributed by atoms with Gasteiger partial charge in [-0.05, 0) is 51.8 Å². The Bertz CT molecular complexity index is 1090. The van der Waals surface area contributed by atoms with E-state index in [0.717, 1.165) is 0 Å². The fourth-order valence-electron chi connectivity index (χ4n) is 3.53. The van der Waals surface area contributed by atoms with Crippen molar-refractivity contribution < 1.29 is 28.2 Å². The second-order valence-corrected chi connectivity index (χ2v) is 8.66. The third-order valence-electron chi connectivity index (χ3n) is 5.23. The average Bonchev–Trinajstić information content (AvgIpc) is 2.68. The van der Waals surface area contributed by atoms with E-state index in [0.29, 0.717) is 22.3 Å². The molecule has 7 heteroatoms. The predicted molar refractivity (Wildman–Crippen MR) is 115 cm³/mol. The van der Waals surface area contributed by atoms with Gasteiger partial charge < -0.3 is 18.6 Å². The van der Waals surface area contributed by atoms with Crippen molar-refractivity contribution in [1.29, 1.82) is 0 Å². The second kappa shape index (κ2) is 8.57. The quantitative estimate of drug-likeness (QED) is 0.394. The number of fused-ring (bicyclic) bond motifs is 3. The van der Waals surface area contributed by atoms with Gasteiger partial charge in [0.25, 0.3) is 0 Å². The van der Waals surface area contributed by atoms with Gasteiger partial charge in [-0.25, -0.2) is 9.59 Å². The molecule has 1 aliphatic heterocycles. The zero-order valence-corrected chi connectivity index (χ0v) is 18.7. The van der Waals surface area contributed by atoms with E-state index in [9.17, 15) is 14.4 Å². The van der Waals surface area contributed by atoms with Crippen LogP contribution in [0.2, 0.25) is 0 Å². The molecule has 2 heterocycles. The third-order valence-corrected chi connectivity index (χ3v) is 5.23. The summed E-state index contributed by atoms with van der Waals surface area (Å²) in [5, 5.41) is 0.640. The molecule has 0 N–H and O–H groups in total. The second-order valence-electron chi connectivity index (χ2n) is 8.66. The molecule has 166 valence electrons. The minimum Gasteiger partial charge on any atom is -0.483 e. The molecule has 7 nitrogen and oxygen atoms in total. The van der Waals surface area contributed by atoms with Crippen molar-refractivity contribution in [2.75, 3.05) is 0 Å². The number of benzene rings is 1. The van der Waals surface area contributed by atoms with Crippen LogP contribution >= 0.6 is 0 Å². The van der Waals surface area contributed by atoms with E-state index < -0.39 is 35.4 Å². The lowest BCUT2D eigenvalue weighted by atomic mass is 9.87. The molecule has 0 radical (unpaired) electrons. The number of allylic oxidation sites excluding steroid dienone is 1. The van der Waals surface area contributed by atoms with E-state index in [4.69, 9.17) is 18.6 Å². The van der Waals surface area contributed by atoms with Crippen molar-refractivity contribution in [3.8, 4) is 5.75 Å². The number of hydrogen-bond donors (Lipinski definition) is 0. The van der Waals surface area contributed by atoms with Crippen LogP contribution in [0.3, 0.4) is 0 Å². The number of hydrogen-bond acceptors (Lipinski definition) is 7. The summed E-state index contributed by atoms with van der Waals surface area (Å²) in [6, 6.07) is 6.43. The smallest absolute Gasteiger partial charge is 0.336 e. The number of esters is 2. The normalized spacial score (nSPS) is 20.2. The number of ether oxygens (including phenoxy) is 3. The van der Waals surface area contributed by atoms with Crippen LogP contribution in [0.25, 0.3) is 11.0 Å². The van der Waals surface area contributed by atoms with Gasteiger partial charge in [0, 0.05) is 23.4 Å². The minimum atomic E-state index is -1.01. The molecule has 2 atom stereocenters. The molecule has 0 spiro atoms. The first-order valence-electron chi connectivity index (χ1n) is 10.3. The Morgan fingerprint density at radius 1 is 1.16 bits per heavy atom. The van der Waals surface area contributed by atoms with Gasteiger partial charge in [-0.3, -0.25) is 4.79 Å². The summed E-state index contributed by atoms with van der Waals surface area (Å²) in [4.78, 5) is 37.2. The van der Waals surface area contributed by atoms with Gasteiger partial charge in [-0.1, -0.05) is 19.9 Å². The van der Waals surface area contributed by atoms with Crippen LogP contribution in [-0.2, 0) is 19.1 Å². The molecule has 1 aromatic carbocycles. The largest absolute Gasteiger partial charge is 0.483 e. The summed E-state index contributed by atoms with van der Waals surface area (Å²) in [5.41, 5.74) is -0.522. The molecule has 0 amide bonds. The van der Waals surface area contributed by atoms with Crippen molar-refractivity contribution in [1.82, 2.24) is 0 Å². The first-order valence-corrected chi connectivity index (χ1v) is 10.3. The molecule has 31 heavy (non-hydrogen) atoms. The van der Waals surface area contributed by atoms with Crippen molar-refractivity contribution in [2.45, 2.75) is 65.8 Å². The first kappa shape index (κ1) is 22.6. The Labute approximate surface area is 181 Å². The Morgan fingerprint density at radius 2 is 1.84 bits per heavy atom. The molecular formula is C24H28O7. The molecule has 0 aliphatic carbocycles. The Hall–Kier alpha value is -3.09. The average molecular weight is 428 g/mol. The van der Waals surface area contributed by atoms with Gasteiger partial charge in [-0.2, -0.15) is 0 Å². The highest BCUT2D eigenvalue weighted by molar-refractivity contribution is 5.88. The number of rotatable bonds is 5. The molecule has 1 aliphatic rings. The molecule has 3 rings (SSSR count). The number of carbonyl (C=O) groups excluding carboxylic acids is 2. The Kier molecular flexibility index (Phi) is 6.25. The van der Waals surface area contributed by atoms with Crippen molar-refractivity contribution in [2.24, 2.45) is 5.92 Å². The molecule has 0 fully saturated rings. The lowest BCUT2D eigenvalue weighted by molar-refractivity contribution is -0.188. The van der Waals surface area contributed by atoms with Crippen molar-refractivity contribution in [3.63, 3.8) is 0 Å². The van der Waals surface area contributed by atoms with Gasteiger partial charge in [0.05, 0.1) is 5.56 Å². The summed E-state index contributed by atoms with van der Waals surface area (Å²) in [6.45, 7) is 10.7. The zero-order chi connectivity index (χ0) is 22.9. The summed E-state index contributed by atoms with van der Waals surface area (Å²) < 4.78 is 23.2. The standard InChI is InChI=1S/C24H28O7/c1-7-14(4)23(27)30-22-21(29-18(26)12-13(2)3)19-16(31-24(22,5)6)10-8-15-9-11-17(25)28-20(15)19/h7-11,13,21-22H,12H2,1-6H3/t21-,22-/m1/s1. The lowest BCUT2D eigenvalue weighted by Gasteiger charge is -2.43. The van der Waals surface area contributed by atoms with Crippen LogP contribution in [0.15, 0.2) is 45.1 Å². The summed E-state index contributed by atoms with van der Waals surface area (Å²) in [6.07, 6.45) is -0.139. The fraction of sp³-hybridized carbons (Fsp3) is 0.458. The van der Waals surface area contributed by atoms with Crippen molar-refractivity contribution in [3.05, 3.63) is 51.9 Å². The van der Waals surface area contributed by atoms with Crippen LogP contribution in [0.5, 0.6) is 5.75 Å². The summed E-state index contributed by atoms with van der Waals surface area (Å²) in [5.74, 6) is -0.497. The topological polar surface area (TPSA) is 92.0 Å². The van der Waals surface area contributed by atoms with Crippen LogP contribution in [0, 0.1) is 5.92 Å². The SMILES string of the molecule is CC=C(C)C(=O)O[C@@H]1[C@H](OC(=O)CC(C)C)c2c(ccc3ccc(=O)oc23)OC1(C)C. The zero-order valence-electron chi connectivity index (χ0n) is 18.7. The molecule has 1 aromatic heterocycles. The maximum Gasteiger partial charge on any atom is 0.336 e.